The molecule has 1 nitrogen and oxygen atoms in total. The highest BCUT2D eigenvalue weighted by Crippen LogP contribution is 2.17. The number of rotatable bonds is 7. The van der Waals surface area contributed by atoms with Gasteiger partial charge >= 0.3 is 0 Å². The summed E-state index contributed by atoms with van der Waals surface area (Å²) in [6.45, 7) is 4.45. The Morgan fingerprint density at radius 1 is 0.842 bits per heavy atom. The maximum atomic E-state index is 3.53. The fourth-order valence-corrected chi connectivity index (χ4v) is 2.27. The molecule has 0 fully saturated rings. The highest BCUT2D eigenvalue weighted by atomic mass is 14.8. The van der Waals surface area contributed by atoms with Crippen molar-refractivity contribution >= 4 is 0 Å². The van der Waals surface area contributed by atoms with Crippen LogP contribution in [0.4, 0.5) is 0 Å². The van der Waals surface area contributed by atoms with Gasteiger partial charge in [0, 0.05) is 0 Å². The highest BCUT2D eigenvalue weighted by Gasteiger charge is 2.03. The topological polar surface area (TPSA) is 12.0 Å². The van der Waals surface area contributed by atoms with Gasteiger partial charge in [-0.05, 0) is 43.0 Å². The molecule has 100 valence electrons. The smallest absolute Gasteiger partial charge is 0.000835 e. The number of hydrogen-bond acceptors (Lipinski definition) is 1. The number of benzene rings is 2. The van der Waals surface area contributed by atoms with Gasteiger partial charge in [-0.25, -0.2) is 0 Å². The Hall–Kier alpha value is -1.60. The van der Waals surface area contributed by atoms with E-state index in [0.717, 1.165) is 19.5 Å². The lowest BCUT2D eigenvalue weighted by Crippen LogP contribution is -2.19. The molecule has 0 saturated carbocycles. The van der Waals surface area contributed by atoms with E-state index >= 15 is 0 Å². The second-order valence-electron chi connectivity index (χ2n) is 5.09. The summed E-state index contributed by atoms with van der Waals surface area (Å²) in [4.78, 5) is 0. The van der Waals surface area contributed by atoms with Crippen LogP contribution in [0, 0.1) is 0 Å². The van der Waals surface area contributed by atoms with Gasteiger partial charge in [-0.1, -0.05) is 67.6 Å². The lowest BCUT2D eigenvalue weighted by molar-refractivity contribution is 0.595. The normalized spacial score (nSPS) is 12.3. The van der Waals surface area contributed by atoms with Crippen molar-refractivity contribution in [1.29, 1.82) is 0 Å². The summed E-state index contributed by atoms with van der Waals surface area (Å²) in [6.07, 6.45) is 2.30. The van der Waals surface area contributed by atoms with Crippen molar-refractivity contribution in [3.05, 3.63) is 71.8 Å². The molecule has 0 aliphatic rings. The van der Waals surface area contributed by atoms with E-state index in [-0.39, 0.29) is 0 Å². The second kappa shape index (κ2) is 7.75. The van der Waals surface area contributed by atoms with Gasteiger partial charge in [0.1, 0.15) is 0 Å². The first-order chi connectivity index (χ1) is 9.36. The molecule has 0 radical (unpaired) electrons. The predicted molar refractivity (Wildman–Crippen MR) is 82.5 cm³/mol. The fraction of sp³-hybridized carbons (Fsp3) is 0.333. The molecule has 0 heterocycles. The van der Waals surface area contributed by atoms with Crippen molar-refractivity contribution < 1.29 is 0 Å². The van der Waals surface area contributed by atoms with E-state index in [9.17, 15) is 0 Å². The Labute approximate surface area is 116 Å². The molecule has 0 unspecified atom stereocenters. The minimum absolute atomic E-state index is 0.630. The van der Waals surface area contributed by atoms with Gasteiger partial charge in [-0.15, -0.1) is 0 Å². The summed E-state index contributed by atoms with van der Waals surface area (Å²) < 4.78 is 0. The minimum Gasteiger partial charge on any atom is -0.316 e. The lowest BCUT2D eigenvalue weighted by atomic mass is 9.98. The van der Waals surface area contributed by atoms with Crippen molar-refractivity contribution in [2.75, 3.05) is 13.1 Å². The van der Waals surface area contributed by atoms with Crippen LogP contribution < -0.4 is 5.32 Å². The highest BCUT2D eigenvalue weighted by molar-refractivity contribution is 5.18. The summed E-state index contributed by atoms with van der Waals surface area (Å²) in [5.41, 5.74) is 2.85. The quantitative estimate of drug-likeness (QED) is 0.735. The van der Waals surface area contributed by atoms with Crippen LogP contribution in [-0.4, -0.2) is 13.1 Å². The van der Waals surface area contributed by atoms with E-state index in [4.69, 9.17) is 0 Å². The molecule has 0 amide bonds. The summed E-state index contributed by atoms with van der Waals surface area (Å²) >= 11 is 0. The van der Waals surface area contributed by atoms with Crippen LogP contribution in [0.25, 0.3) is 0 Å². The molecule has 1 atom stereocenters. The monoisotopic (exact) mass is 253 g/mol. The number of nitrogens with one attached hydrogen (secondary N) is 1. The third kappa shape index (κ3) is 4.88. The Morgan fingerprint density at radius 2 is 1.47 bits per heavy atom. The Morgan fingerprint density at radius 3 is 2.16 bits per heavy atom. The summed E-state index contributed by atoms with van der Waals surface area (Å²) in [5.74, 6) is 0.630. The van der Waals surface area contributed by atoms with E-state index in [1.54, 1.807) is 0 Å². The summed E-state index contributed by atoms with van der Waals surface area (Å²) in [6, 6.07) is 21.4. The predicted octanol–water partition coefficient (Wildman–Crippen LogP) is 4.01. The summed E-state index contributed by atoms with van der Waals surface area (Å²) in [7, 11) is 0. The SMILES string of the molecule is C[C@@H](CCNCCc1ccccc1)c1ccccc1. The third-order valence-electron chi connectivity index (χ3n) is 3.56. The molecule has 2 aromatic rings. The number of hydrogen-bond donors (Lipinski definition) is 1. The minimum atomic E-state index is 0.630. The van der Waals surface area contributed by atoms with Gasteiger partial charge < -0.3 is 5.32 Å². The molecular weight excluding hydrogens is 230 g/mol. The van der Waals surface area contributed by atoms with Crippen LogP contribution in [0.5, 0.6) is 0 Å². The maximum absolute atomic E-state index is 3.53. The van der Waals surface area contributed by atoms with Gasteiger partial charge in [-0.2, -0.15) is 0 Å². The van der Waals surface area contributed by atoms with Crippen molar-refractivity contribution in [3.8, 4) is 0 Å². The maximum Gasteiger partial charge on any atom is -0.000835 e. The van der Waals surface area contributed by atoms with Crippen LogP contribution >= 0.6 is 0 Å². The van der Waals surface area contributed by atoms with E-state index in [2.05, 4.69) is 72.9 Å². The Balaban J connectivity index is 1.62. The zero-order chi connectivity index (χ0) is 13.3. The van der Waals surface area contributed by atoms with Gasteiger partial charge in [0.25, 0.3) is 0 Å². The molecule has 2 aromatic carbocycles. The molecule has 1 N–H and O–H groups in total. The molecule has 1 heteroatoms. The zero-order valence-electron chi connectivity index (χ0n) is 11.7. The van der Waals surface area contributed by atoms with Crippen LogP contribution in [0.3, 0.4) is 0 Å². The first-order valence-electron chi connectivity index (χ1n) is 7.16. The van der Waals surface area contributed by atoms with Crippen LogP contribution in [0.15, 0.2) is 60.7 Å². The van der Waals surface area contributed by atoms with E-state index < -0.39 is 0 Å². The average Bonchev–Trinajstić information content (AvgIpc) is 2.49. The molecular formula is C18H23N. The fourth-order valence-electron chi connectivity index (χ4n) is 2.27. The van der Waals surface area contributed by atoms with Gasteiger partial charge in [0.2, 0.25) is 0 Å². The van der Waals surface area contributed by atoms with Gasteiger partial charge in [0.05, 0.1) is 0 Å². The van der Waals surface area contributed by atoms with Crippen molar-refractivity contribution in [1.82, 2.24) is 5.32 Å². The van der Waals surface area contributed by atoms with Gasteiger partial charge in [-0.3, -0.25) is 0 Å². The van der Waals surface area contributed by atoms with Crippen molar-refractivity contribution in [2.45, 2.75) is 25.7 Å². The van der Waals surface area contributed by atoms with Crippen molar-refractivity contribution in [3.63, 3.8) is 0 Å². The van der Waals surface area contributed by atoms with Crippen molar-refractivity contribution in [2.24, 2.45) is 0 Å². The first kappa shape index (κ1) is 13.8. The van der Waals surface area contributed by atoms with Crippen LogP contribution in [-0.2, 0) is 6.42 Å². The molecule has 0 bridgehead atoms. The van der Waals surface area contributed by atoms with Crippen LogP contribution in [0.2, 0.25) is 0 Å². The standard InChI is InChI=1S/C18H23N/c1-16(18-10-6-3-7-11-18)12-14-19-15-13-17-8-4-2-5-9-17/h2-11,16,19H,12-15H2,1H3/t16-/m0/s1. The molecule has 0 saturated heterocycles. The zero-order valence-corrected chi connectivity index (χ0v) is 11.7. The first-order valence-corrected chi connectivity index (χ1v) is 7.16. The molecule has 19 heavy (non-hydrogen) atoms. The molecule has 2 rings (SSSR count). The van der Waals surface area contributed by atoms with Gasteiger partial charge in [0.15, 0.2) is 0 Å². The largest absolute Gasteiger partial charge is 0.316 e. The molecule has 0 aliphatic carbocycles. The third-order valence-corrected chi connectivity index (χ3v) is 3.56. The lowest BCUT2D eigenvalue weighted by Gasteiger charge is -2.12. The Kier molecular flexibility index (Phi) is 5.64. The molecule has 0 aliphatic heterocycles. The summed E-state index contributed by atoms with van der Waals surface area (Å²) in [5, 5.41) is 3.53. The Bertz CT molecular complexity index is 450. The van der Waals surface area contributed by atoms with E-state index in [1.165, 1.54) is 17.5 Å². The van der Waals surface area contributed by atoms with E-state index in [0.29, 0.717) is 5.92 Å². The second-order valence-corrected chi connectivity index (χ2v) is 5.09. The molecule has 0 aromatic heterocycles. The van der Waals surface area contributed by atoms with Crippen LogP contribution in [0.1, 0.15) is 30.4 Å². The van der Waals surface area contributed by atoms with E-state index in [1.807, 2.05) is 0 Å². The molecule has 0 spiro atoms. The average molecular weight is 253 g/mol.